The molecule has 0 fully saturated rings. The van der Waals surface area contributed by atoms with Gasteiger partial charge in [-0.2, -0.15) is 0 Å². The number of benzene rings is 1. The highest BCUT2D eigenvalue weighted by molar-refractivity contribution is 9.10. The summed E-state index contributed by atoms with van der Waals surface area (Å²) in [4.78, 5) is 1.44. The Balaban J connectivity index is 2.32. The molecule has 0 bridgehead atoms. The van der Waals surface area contributed by atoms with Crippen molar-refractivity contribution < 1.29 is 0 Å². The number of thioether (sulfide) groups is 1. The Labute approximate surface area is 97.8 Å². The zero-order chi connectivity index (χ0) is 9.97. The minimum atomic E-state index is 0.550. The van der Waals surface area contributed by atoms with Crippen molar-refractivity contribution in [2.24, 2.45) is 0 Å². The van der Waals surface area contributed by atoms with E-state index >= 15 is 0 Å². The number of rotatable bonds is 2. The van der Waals surface area contributed by atoms with Gasteiger partial charge in [-0.3, -0.25) is 0 Å². The van der Waals surface area contributed by atoms with Crippen LogP contribution in [0.15, 0.2) is 27.6 Å². The summed E-state index contributed by atoms with van der Waals surface area (Å²) >= 11 is 5.50. The lowest BCUT2D eigenvalue weighted by atomic mass is 10.0. The van der Waals surface area contributed by atoms with Crippen LogP contribution in [-0.4, -0.2) is 12.3 Å². The van der Waals surface area contributed by atoms with Crippen molar-refractivity contribution in [2.45, 2.75) is 24.3 Å². The molecule has 0 radical (unpaired) electrons. The van der Waals surface area contributed by atoms with E-state index < -0.39 is 0 Å². The molecule has 1 nitrogen and oxygen atoms in total. The topological polar surface area (TPSA) is 12.0 Å². The third-order valence-electron chi connectivity index (χ3n) is 2.46. The average Bonchev–Trinajstić information content (AvgIpc) is 2.19. The van der Waals surface area contributed by atoms with Gasteiger partial charge in [0.25, 0.3) is 0 Å². The Morgan fingerprint density at radius 3 is 3.21 bits per heavy atom. The van der Waals surface area contributed by atoms with Crippen LogP contribution in [0.5, 0.6) is 0 Å². The van der Waals surface area contributed by atoms with Crippen molar-refractivity contribution in [3.63, 3.8) is 0 Å². The van der Waals surface area contributed by atoms with Gasteiger partial charge >= 0.3 is 0 Å². The number of nitrogens with one attached hydrogen (secondary N) is 1. The quantitative estimate of drug-likeness (QED) is 0.883. The molecule has 0 saturated heterocycles. The van der Waals surface area contributed by atoms with Gasteiger partial charge in [0.15, 0.2) is 0 Å². The van der Waals surface area contributed by atoms with Crippen LogP contribution < -0.4 is 5.32 Å². The molecule has 1 aromatic rings. The molecule has 0 aromatic heterocycles. The molecule has 0 amide bonds. The Hall–Kier alpha value is 0.01000. The maximum atomic E-state index is 3.53. The van der Waals surface area contributed by atoms with Crippen LogP contribution in [0.1, 0.15) is 24.9 Å². The van der Waals surface area contributed by atoms with Crippen molar-refractivity contribution in [3.05, 3.63) is 28.2 Å². The first kappa shape index (κ1) is 10.5. The minimum absolute atomic E-state index is 0.550. The van der Waals surface area contributed by atoms with Crippen LogP contribution in [0, 0.1) is 0 Å². The molecule has 3 heteroatoms. The molecule has 0 spiro atoms. The van der Waals surface area contributed by atoms with E-state index in [4.69, 9.17) is 0 Å². The SMILES string of the molecule is CCN[C@H]1CCSc2ccc(Br)cc21. The Bertz CT molecular complexity index is 327. The molecule has 0 saturated carbocycles. The summed E-state index contributed by atoms with van der Waals surface area (Å²) < 4.78 is 1.18. The average molecular weight is 272 g/mol. The highest BCUT2D eigenvalue weighted by Gasteiger charge is 2.19. The minimum Gasteiger partial charge on any atom is -0.310 e. The largest absolute Gasteiger partial charge is 0.310 e. The summed E-state index contributed by atoms with van der Waals surface area (Å²) in [6.45, 7) is 3.21. The fraction of sp³-hybridized carbons (Fsp3) is 0.455. The number of halogens is 1. The maximum absolute atomic E-state index is 3.53. The molecule has 1 aromatic carbocycles. The molecular weight excluding hydrogens is 258 g/mol. The van der Waals surface area contributed by atoms with Crippen LogP contribution in [-0.2, 0) is 0 Å². The molecule has 1 atom stereocenters. The second-order valence-corrected chi connectivity index (χ2v) is 5.48. The normalized spacial score (nSPS) is 20.6. The molecule has 0 aliphatic carbocycles. The van der Waals surface area contributed by atoms with Gasteiger partial charge in [-0.05, 0) is 42.5 Å². The number of fused-ring (bicyclic) bond motifs is 1. The second-order valence-electron chi connectivity index (χ2n) is 3.43. The zero-order valence-electron chi connectivity index (χ0n) is 8.22. The molecule has 1 aliphatic heterocycles. The predicted molar refractivity (Wildman–Crippen MR) is 65.9 cm³/mol. The van der Waals surface area contributed by atoms with Gasteiger partial charge in [-0.1, -0.05) is 22.9 Å². The lowest BCUT2D eigenvalue weighted by Gasteiger charge is -2.25. The summed E-state index contributed by atoms with van der Waals surface area (Å²) in [5.41, 5.74) is 1.46. The molecular formula is C11H14BrNS. The Morgan fingerprint density at radius 1 is 1.57 bits per heavy atom. The van der Waals surface area contributed by atoms with Gasteiger partial charge in [-0.25, -0.2) is 0 Å². The van der Waals surface area contributed by atoms with Crippen molar-refractivity contribution in [1.29, 1.82) is 0 Å². The third kappa shape index (κ3) is 2.15. The second kappa shape index (κ2) is 4.69. The fourth-order valence-electron chi connectivity index (χ4n) is 1.82. The smallest absolute Gasteiger partial charge is 0.0339 e. The molecule has 76 valence electrons. The van der Waals surface area contributed by atoms with Crippen LogP contribution in [0.2, 0.25) is 0 Å². The molecule has 1 N–H and O–H groups in total. The lowest BCUT2D eigenvalue weighted by Crippen LogP contribution is -2.24. The van der Waals surface area contributed by atoms with E-state index in [9.17, 15) is 0 Å². The molecule has 1 heterocycles. The van der Waals surface area contributed by atoms with Gasteiger partial charge in [0.2, 0.25) is 0 Å². The van der Waals surface area contributed by atoms with Gasteiger partial charge in [0.1, 0.15) is 0 Å². The van der Waals surface area contributed by atoms with E-state index in [0.717, 1.165) is 6.54 Å². The van der Waals surface area contributed by atoms with Crippen LogP contribution in [0.3, 0.4) is 0 Å². The lowest BCUT2D eigenvalue weighted by molar-refractivity contribution is 0.527. The first-order chi connectivity index (χ1) is 6.81. The first-order valence-corrected chi connectivity index (χ1v) is 6.74. The van der Waals surface area contributed by atoms with Gasteiger partial charge in [0, 0.05) is 15.4 Å². The summed E-state index contributed by atoms with van der Waals surface area (Å²) in [7, 11) is 0. The fourth-order valence-corrected chi connectivity index (χ4v) is 3.31. The van der Waals surface area contributed by atoms with Gasteiger partial charge in [-0.15, -0.1) is 11.8 Å². The molecule has 1 aliphatic rings. The molecule has 2 rings (SSSR count). The molecule has 0 unspecified atom stereocenters. The molecule has 14 heavy (non-hydrogen) atoms. The van der Waals surface area contributed by atoms with Gasteiger partial charge in [0.05, 0.1) is 0 Å². The third-order valence-corrected chi connectivity index (χ3v) is 4.08. The predicted octanol–water partition coefficient (Wildman–Crippen LogP) is 3.60. The van der Waals surface area contributed by atoms with Crippen molar-refractivity contribution >= 4 is 27.7 Å². The standard InChI is InChI=1S/C11H14BrNS/c1-2-13-10-5-6-14-11-4-3-8(12)7-9(10)11/h3-4,7,10,13H,2,5-6H2,1H3/t10-/m0/s1. The van der Waals surface area contributed by atoms with Crippen molar-refractivity contribution in [3.8, 4) is 0 Å². The van der Waals surface area contributed by atoms with E-state index in [1.165, 1.54) is 27.1 Å². The van der Waals surface area contributed by atoms with Crippen LogP contribution >= 0.6 is 27.7 Å². The number of hydrogen-bond donors (Lipinski definition) is 1. The monoisotopic (exact) mass is 271 g/mol. The number of hydrogen-bond acceptors (Lipinski definition) is 2. The summed E-state index contributed by atoms with van der Waals surface area (Å²) in [5.74, 6) is 1.23. The summed E-state index contributed by atoms with van der Waals surface area (Å²) in [6, 6.07) is 7.14. The summed E-state index contributed by atoms with van der Waals surface area (Å²) in [5, 5.41) is 3.53. The van der Waals surface area contributed by atoms with Crippen LogP contribution in [0.25, 0.3) is 0 Å². The van der Waals surface area contributed by atoms with Crippen molar-refractivity contribution in [2.75, 3.05) is 12.3 Å². The summed E-state index contributed by atoms with van der Waals surface area (Å²) in [6.07, 6.45) is 1.24. The highest BCUT2D eigenvalue weighted by Crippen LogP contribution is 2.37. The van der Waals surface area contributed by atoms with E-state index in [2.05, 4.69) is 46.4 Å². The zero-order valence-corrected chi connectivity index (χ0v) is 10.6. The Morgan fingerprint density at radius 2 is 2.43 bits per heavy atom. The maximum Gasteiger partial charge on any atom is 0.0339 e. The van der Waals surface area contributed by atoms with E-state index in [0.29, 0.717) is 6.04 Å². The van der Waals surface area contributed by atoms with Crippen LogP contribution in [0.4, 0.5) is 0 Å². The Kier molecular flexibility index (Phi) is 3.52. The van der Waals surface area contributed by atoms with E-state index in [1.54, 1.807) is 0 Å². The first-order valence-electron chi connectivity index (χ1n) is 4.97. The van der Waals surface area contributed by atoms with Gasteiger partial charge < -0.3 is 5.32 Å². The van der Waals surface area contributed by atoms with Crippen molar-refractivity contribution in [1.82, 2.24) is 5.32 Å². The van der Waals surface area contributed by atoms with E-state index in [1.807, 2.05) is 11.8 Å². The highest BCUT2D eigenvalue weighted by atomic mass is 79.9. The van der Waals surface area contributed by atoms with E-state index in [-0.39, 0.29) is 0 Å².